The Morgan fingerprint density at radius 1 is 1.24 bits per heavy atom. The summed E-state index contributed by atoms with van der Waals surface area (Å²) in [5.41, 5.74) is 0.713. The van der Waals surface area contributed by atoms with E-state index in [1.165, 1.54) is 6.42 Å². The van der Waals surface area contributed by atoms with Crippen LogP contribution in [0.2, 0.25) is 0 Å². The molecule has 1 aromatic carbocycles. The summed E-state index contributed by atoms with van der Waals surface area (Å²) < 4.78 is 6.20. The monoisotopic (exact) mass is 266 g/mol. The van der Waals surface area contributed by atoms with Gasteiger partial charge in [-0.15, -0.1) is 23.5 Å². The lowest BCUT2D eigenvalue weighted by Crippen LogP contribution is -1.98. The van der Waals surface area contributed by atoms with Crippen LogP contribution in [0.4, 0.5) is 0 Å². The largest absolute Gasteiger partial charge is 0.497 e. The summed E-state index contributed by atoms with van der Waals surface area (Å²) in [6.45, 7) is 0. The molecule has 1 heterocycles. The van der Waals surface area contributed by atoms with Crippen molar-refractivity contribution in [3.05, 3.63) is 40.1 Å². The van der Waals surface area contributed by atoms with Crippen LogP contribution in [-0.4, -0.2) is 24.4 Å². The Balaban J connectivity index is 2.07. The van der Waals surface area contributed by atoms with Crippen molar-refractivity contribution in [1.82, 2.24) is 0 Å². The number of carbonyl (C=O) groups is 1. The second kappa shape index (κ2) is 6.17. The van der Waals surface area contributed by atoms with Gasteiger partial charge in [0.05, 0.1) is 7.11 Å². The van der Waals surface area contributed by atoms with Crippen molar-refractivity contribution in [2.45, 2.75) is 6.42 Å². The minimum absolute atomic E-state index is 0.0737. The second-order valence-corrected chi connectivity index (χ2v) is 6.14. The highest BCUT2D eigenvalue weighted by atomic mass is 32.2. The summed E-state index contributed by atoms with van der Waals surface area (Å²) in [7, 11) is 1.62. The van der Waals surface area contributed by atoms with Gasteiger partial charge in [-0.2, -0.15) is 0 Å². The van der Waals surface area contributed by atoms with E-state index in [1.54, 1.807) is 48.8 Å². The third-order valence-electron chi connectivity index (χ3n) is 2.40. The van der Waals surface area contributed by atoms with Crippen molar-refractivity contribution < 1.29 is 9.53 Å². The number of methoxy groups -OCH3 is 1. The average Bonchev–Trinajstić information content (AvgIpc) is 2.40. The van der Waals surface area contributed by atoms with Crippen LogP contribution in [0.5, 0.6) is 5.75 Å². The Morgan fingerprint density at radius 3 is 2.47 bits per heavy atom. The van der Waals surface area contributed by atoms with Gasteiger partial charge in [0, 0.05) is 15.9 Å². The molecule has 0 aromatic heterocycles. The average molecular weight is 266 g/mol. The molecule has 2 rings (SSSR count). The first-order valence-corrected chi connectivity index (χ1v) is 7.42. The van der Waals surface area contributed by atoms with E-state index in [0.29, 0.717) is 5.56 Å². The predicted octanol–water partition coefficient (Wildman–Crippen LogP) is 3.59. The fourth-order valence-corrected chi connectivity index (χ4v) is 3.85. The number of allylic oxidation sites excluding steroid dienone is 1. The van der Waals surface area contributed by atoms with Crippen molar-refractivity contribution in [3.63, 3.8) is 0 Å². The Hall–Kier alpha value is -0.870. The fourth-order valence-electron chi connectivity index (χ4n) is 1.48. The molecule has 1 aromatic rings. The van der Waals surface area contributed by atoms with Crippen LogP contribution in [0.3, 0.4) is 0 Å². The zero-order chi connectivity index (χ0) is 12.1. The van der Waals surface area contributed by atoms with Gasteiger partial charge in [0.2, 0.25) is 0 Å². The lowest BCUT2D eigenvalue weighted by molar-refractivity contribution is 0.104. The zero-order valence-electron chi connectivity index (χ0n) is 9.64. The minimum atomic E-state index is 0.0737. The molecule has 1 saturated heterocycles. The Bertz CT molecular complexity index is 416. The molecule has 0 atom stereocenters. The van der Waals surface area contributed by atoms with E-state index in [1.807, 2.05) is 12.1 Å². The molecule has 0 bridgehead atoms. The molecule has 0 saturated carbocycles. The molecule has 1 aliphatic rings. The highest BCUT2D eigenvalue weighted by molar-refractivity contribution is 8.22. The molecular weight excluding hydrogens is 252 g/mol. The smallest absolute Gasteiger partial charge is 0.187 e. The lowest BCUT2D eigenvalue weighted by atomic mass is 10.1. The summed E-state index contributed by atoms with van der Waals surface area (Å²) in [5, 5.41) is 0. The van der Waals surface area contributed by atoms with E-state index in [0.717, 1.165) is 21.5 Å². The highest BCUT2D eigenvalue weighted by Crippen LogP contribution is 2.34. The summed E-state index contributed by atoms with van der Waals surface area (Å²) in [6.07, 6.45) is 2.97. The van der Waals surface area contributed by atoms with Crippen LogP contribution in [0.25, 0.3) is 0 Å². The van der Waals surface area contributed by atoms with Crippen LogP contribution < -0.4 is 4.74 Å². The van der Waals surface area contributed by atoms with E-state index >= 15 is 0 Å². The topological polar surface area (TPSA) is 26.3 Å². The molecule has 0 N–H and O–H groups in total. The van der Waals surface area contributed by atoms with Gasteiger partial charge in [0.15, 0.2) is 5.78 Å². The number of rotatable bonds is 3. The van der Waals surface area contributed by atoms with Crippen molar-refractivity contribution in [2.75, 3.05) is 18.6 Å². The number of hydrogen-bond donors (Lipinski definition) is 0. The quantitative estimate of drug-likeness (QED) is 0.617. The number of benzene rings is 1. The molecule has 0 radical (unpaired) electrons. The maximum atomic E-state index is 12.0. The first-order valence-electron chi connectivity index (χ1n) is 5.45. The van der Waals surface area contributed by atoms with E-state index in [4.69, 9.17) is 4.74 Å². The highest BCUT2D eigenvalue weighted by Gasteiger charge is 2.10. The molecule has 17 heavy (non-hydrogen) atoms. The van der Waals surface area contributed by atoms with Crippen LogP contribution >= 0.6 is 23.5 Å². The third kappa shape index (κ3) is 3.54. The Morgan fingerprint density at radius 2 is 1.88 bits per heavy atom. The van der Waals surface area contributed by atoms with Gasteiger partial charge in [-0.1, -0.05) is 0 Å². The summed E-state index contributed by atoms with van der Waals surface area (Å²) in [4.78, 5) is 12.0. The molecule has 90 valence electrons. The van der Waals surface area contributed by atoms with Crippen molar-refractivity contribution in [1.29, 1.82) is 0 Å². The predicted molar refractivity (Wildman–Crippen MR) is 74.9 cm³/mol. The van der Waals surface area contributed by atoms with Gasteiger partial charge in [0.25, 0.3) is 0 Å². The number of hydrogen-bond acceptors (Lipinski definition) is 4. The second-order valence-electron chi connectivity index (χ2n) is 3.61. The first-order chi connectivity index (χ1) is 8.29. The summed E-state index contributed by atoms with van der Waals surface area (Å²) in [6, 6.07) is 7.23. The van der Waals surface area contributed by atoms with E-state index in [9.17, 15) is 4.79 Å². The van der Waals surface area contributed by atoms with Gasteiger partial charge >= 0.3 is 0 Å². The van der Waals surface area contributed by atoms with E-state index in [2.05, 4.69) is 0 Å². The Kier molecular flexibility index (Phi) is 4.57. The van der Waals surface area contributed by atoms with Crippen molar-refractivity contribution in [3.8, 4) is 5.75 Å². The molecule has 0 amide bonds. The maximum Gasteiger partial charge on any atom is 0.187 e. The Labute approximate surface area is 110 Å². The van der Waals surface area contributed by atoms with Crippen molar-refractivity contribution >= 4 is 29.3 Å². The van der Waals surface area contributed by atoms with Gasteiger partial charge in [0.1, 0.15) is 5.75 Å². The molecule has 1 fully saturated rings. The minimum Gasteiger partial charge on any atom is -0.497 e. The van der Waals surface area contributed by atoms with Crippen LogP contribution in [0.1, 0.15) is 16.8 Å². The molecular formula is C13H14O2S2. The fraction of sp³-hybridized carbons (Fsp3) is 0.308. The molecule has 4 heteroatoms. The zero-order valence-corrected chi connectivity index (χ0v) is 11.3. The SMILES string of the molecule is COc1ccc(C(=O)C=C2SCCCS2)cc1. The lowest BCUT2D eigenvalue weighted by Gasteiger charge is -2.11. The van der Waals surface area contributed by atoms with Gasteiger partial charge in [-0.05, 0) is 42.2 Å². The number of ketones is 1. The van der Waals surface area contributed by atoms with Crippen LogP contribution in [0, 0.1) is 0 Å². The van der Waals surface area contributed by atoms with E-state index < -0.39 is 0 Å². The molecule has 2 nitrogen and oxygen atoms in total. The van der Waals surface area contributed by atoms with Gasteiger partial charge < -0.3 is 4.74 Å². The van der Waals surface area contributed by atoms with Crippen LogP contribution in [-0.2, 0) is 0 Å². The van der Waals surface area contributed by atoms with Gasteiger partial charge in [-0.3, -0.25) is 4.79 Å². The molecule has 0 spiro atoms. The number of carbonyl (C=O) groups excluding carboxylic acids is 1. The maximum absolute atomic E-state index is 12.0. The molecule has 0 unspecified atom stereocenters. The van der Waals surface area contributed by atoms with E-state index in [-0.39, 0.29) is 5.78 Å². The summed E-state index contributed by atoms with van der Waals surface area (Å²) >= 11 is 3.54. The number of ether oxygens (including phenoxy) is 1. The first kappa shape index (κ1) is 12.6. The summed E-state index contributed by atoms with van der Waals surface area (Å²) in [5.74, 6) is 3.09. The van der Waals surface area contributed by atoms with Crippen molar-refractivity contribution in [2.24, 2.45) is 0 Å². The number of thioether (sulfide) groups is 2. The standard InChI is InChI=1S/C13H14O2S2/c1-15-11-5-3-10(4-6-11)12(14)9-13-16-7-2-8-17-13/h3-6,9H,2,7-8H2,1H3. The third-order valence-corrected chi connectivity index (χ3v) is 4.90. The normalized spacial score (nSPS) is 15.5. The van der Waals surface area contributed by atoms with Gasteiger partial charge in [-0.25, -0.2) is 0 Å². The molecule has 1 aliphatic heterocycles. The molecule has 0 aliphatic carbocycles. The van der Waals surface area contributed by atoms with Crippen LogP contribution in [0.15, 0.2) is 34.6 Å².